The first-order valence-electron chi connectivity index (χ1n) is 12.0. The Bertz CT molecular complexity index is 1270. The van der Waals surface area contributed by atoms with Crippen molar-refractivity contribution in [1.82, 2.24) is 4.57 Å². The number of anilines is 1. The van der Waals surface area contributed by atoms with E-state index in [0.29, 0.717) is 26.4 Å². The molecule has 1 unspecified atom stereocenters. The van der Waals surface area contributed by atoms with Crippen molar-refractivity contribution in [1.29, 1.82) is 0 Å². The molecule has 182 valence electrons. The largest absolute Gasteiger partial charge is 0.396 e. The van der Waals surface area contributed by atoms with Crippen molar-refractivity contribution in [3.63, 3.8) is 0 Å². The van der Waals surface area contributed by atoms with E-state index in [1.807, 2.05) is 65.2 Å². The van der Waals surface area contributed by atoms with E-state index in [2.05, 4.69) is 6.07 Å². The SMILES string of the molecule is Nc1cc2cc(C3(COCc4ccccc4)CC3)n(CC(O)COCc3ccccc3)c2cc1F. The zero-order valence-corrected chi connectivity index (χ0v) is 19.7. The first-order valence-corrected chi connectivity index (χ1v) is 12.0. The molecule has 5 nitrogen and oxygen atoms in total. The Balaban J connectivity index is 1.33. The maximum Gasteiger partial charge on any atom is 0.148 e. The number of nitrogens with two attached hydrogens (primary N) is 1. The van der Waals surface area contributed by atoms with E-state index < -0.39 is 11.9 Å². The van der Waals surface area contributed by atoms with Gasteiger partial charge in [0.25, 0.3) is 0 Å². The smallest absolute Gasteiger partial charge is 0.148 e. The van der Waals surface area contributed by atoms with E-state index in [1.165, 1.54) is 6.07 Å². The number of nitrogens with zero attached hydrogens (tertiary/aromatic N) is 1. The number of halogens is 1. The number of ether oxygens (including phenoxy) is 2. The first kappa shape index (κ1) is 23.5. The van der Waals surface area contributed by atoms with Crippen LogP contribution < -0.4 is 5.73 Å². The van der Waals surface area contributed by atoms with Crippen LogP contribution in [0.3, 0.4) is 0 Å². The van der Waals surface area contributed by atoms with Crippen LogP contribution in [-0.4, -0.2) is 29.0 Å². The monoisotopic (exact) mass is 474 g/mol. The molecule has 0 bridgehead atoms. The summed E-state index contributed by atoms with van der Waals surface area (Å²) in [6.45, 7) is 2.02. The van der Waals surface area contributed by atoms with Gasteiger partial charge in [-0.15, -0.1) is 0 Å². The summed E-state index contributed by atoms with van der Waals surface area (Å²) in [5.41, 5.74) is 9.79. The number of aromatic nitrogens is 1. The van der Waals surface area contributed by atoms with Crippen molar-refractivity contribution >= 4 is 16.6 Å². The average Bonchev–Trinajstić information content (AvgIpc) is 3.57. The van der Waals surface area contributed by atoms with Crippen molar-refractivity contribution < 1.29 is 19.0 Å². The van der Waals surface area contributed by atoms with Gasteiger partial charge in [0.1, 0.15) is 5.82 Å². The molecule has 35 heavy (non-hydrogen) atoms. The molecule has 6 heteroatoms. The topological polar surface area (TPSA) is 69.6 Å². The Morgan fingerprint density at radius 2 is 1.54 bits per heavy atom. The molecule has 1 aliphatic rings. The predicted octanol–water partition coefficient (Wildman–Crippen LogP) is 5.19. The Hall–Kier alpha value is -3.19. The normalized spacial score (nSPS) is 15.4. The molecule has 0 amide bonds. The molecule has 1 heterocycles. The lowest BCUT2D eigenvalue weighted by Gasteiger charge is -2.22. The Morgan fingerprint density at radius 3 is 2.17 bits per heavy atom. The minimum absolute atomic E-state index is 0.123. The highest BCUT2D eigenvalue weighted by Gasteiger charge is 2.47. The number of aliphatic hydroxyl groups is 1. The van der Waals surface area contributed by atoms with Gasteiger partial charge < -0.3 is 24.9 Å². The van der Waals surface area contributed by atoms with Crippen molar-refractivity contribution in [2.45, 2.75) is 44.1 Å². The summed E-state index contributed by atoms with van der Waals surface area (Å²) in [6, 6.07) is 25.2. The van der Waals surface area contributed by atoms with Gasteiger partial charge in [-0.25, -0.2) is 4.39 Å². The van der Waals surface area contributed by atoms with Crippen LogP contribution in [0.25, 0.3) is 10.9 Å². The highest BCUT2D eigenvalue weighted by atomic mass is 19.1. The number of aliphatic hydroxyl groups excluding tert-OH is 1. The highest BCUT2D eigenvalue weighted by Crippen LogP contribution is 2.50. The van der Waals surface area contributed by atoms with Gasteiger partial charge in [-0.05, 0) is 36.1 Å². The van der Waals surface area contributed by atoms with Crippen molar-refractivity contribution in [3.05, 3.63) is 102 Å². The fourth-order valence-corrected chi connectivity index (χ4v) is 4.65. The summed E-state index contributed by atoms with van der Waals surface area (Å²) in [7, 11) is 0. The van der Waals surface area contributed by atoms with E-state index in [0.717, 1.165) is 40.6 Å². The van der Waals surface area contributed by atoms with E-state index in [9.17, 15) is 9.50 Å². The number of rotatable bonds is 11. The van der Waals surface area contributed by atoms with Crippen LogP contribution in [-0.2, 0) is 34.6 Å². The molecule has 1 aromatic heterocycles. The third kappa shape index (κ3) is 5.40. The number of hydrogen-bond donors (Lipinski definition) is 2. The molecule has 5 rings (SSSR count). The molecular formula is C29H31FN2O3. The molecule has 0 saturated heterocycles. The number of nitrogen functional groups attached to an aromatic ring is 1. The number of fused-ring (bicyclic) bond motifs is 1. The van der Waals surface area contributed by atoms with E-state index in [4.69, 9.17) is 15.2 Å². The summed E-state index contributed by atoms with van der Waals surface area (Å²) in [5.74, 6) is -0.455. The van der Waals surface area contributed by atoms with Crippen LogP contribution in [0.1, 0.15) is 29.7 Å². The maximum absolute atomic E-state index is 14.4. The van der Waals surface area contributed by atoms with Crippen molar-refractivity contribution in [2.24, 2.45) is 0 Å². The molecule has 0 radical (unpaired) electrons. The van der Waals surface area contributed by atoms with Crippen molar-refractivity contribution in [3.8, 4) is 0 Å². The number of benzene rings is 3. The van der Waals surface area contributed by atoms with E-state index in [1.54, 1.807) is 6.07 Å². The van der Waals surface area contributed by atoms with Gasteiger partial charge in [0.05, 0.1) is 50.3 Å². The third-order valence-corrected chi connectivity index (χ3v) is 6.72. The summed E-state index contributed by atoms with van der Waals surface area (Å²) < 4.78 is 28.3. The molecular weight excluding hydrogens is 443 g/mol. The van der Waals surface area contributed by atoms with Gasteiger partial charge in [-0.1, -0.05) is 60.7 Å². The summed E-state index contributed by atoms with van der Waals surface area (Å²) in [5, 5.41) is 11.7. The standard InChI is InChI=1S/C29H31FN2O3/c30-25-15-27-23(13-26(25)31)14-28(29(11-12-29)20-35-18-22-9-5-2-6-10-22)32(27)16-24(33)19-34-17-21-7-3-1-4-8-21/h1-10,13-15,24,33H,11-12,16-20,31H2. The summed E-state index contributed by atoms with van der Waals surface area (Å²) in [4.78, 5) is 0. The second kappa shape index (κ2) is 10.2. The highest BCUT2D eigenvalue weighted by molar-refractivity contribution is 5.85. The maximum atomic E-state index is 14.4. The molecule has 3 N–H and O–H groups in total. The third-order valence-electron chi connectivity index (χ3n) is 6.72. The van der Waals surface area contributed by atoms with Crippen LogP contribution in [0.5, 0.6) is 0 Å². The van der Waals surface area contributed by atoms with E-state index in [-0.39, 0.29) is 17.7 Å². The lowest BCUT2D eigenvalue weighted by molar-refractivity contribution is 0.0200. The Kier molecular flexibility index (Phi) is 6.86. The van der Waals surface area contributed by atoms with Crippen LogP contribution in [0.4, 0.5) is 10.1 Å². The van der Waals surface area contributed by atoms with Gasteiger partial charge in [-0.2, -0.15) is 0 Å². The molecule has 3 aromatic carbocycles. The first-order chi connectivity index (χ1) is 17.0. The minimum Gasteiger partial charge on any atom is -0.396 e. The molecule has 1 atom stereocenters. The Labute approximate surface area is 204 Å². The summed E-state index contributed by atoms with van der Waals surface area (Å²) >= 11 is 0. The van der Waals surface area contributed by atoms with Crippen LogP contribution in [0.15, 0.2) is 78.9 Å². The van der Waals surface area contributed by atoms with Crippen LogP contribution in [0.2, 0.25) is 0 Å². The zero-order valence-electron chi connectivity index (χ0n) is 19.7. The fraction of sp³-hybridized carbons (Fsp3) is 0.310. The molecule has 0 spiro atoms. The minimum atomic E-state index is -0.741. The van der Waals surface area contributed by atoms with Gasteiger partial charge >= 0.3 is 0 Å². The second-order valence-corrected chi connectivity index (χ2v) is 9.49. The number of hydrogen-bond acceptors (Lipinski definition) is 4. The van der Waals surface area contributed by atoms with Gasteiger partial charge in [-0.3, -0.25) is 0 Å². The second-order valence-electron chi connectivity index (χ2n) is 9.49. The van der Waals surface area contributed by atoms with Gasteiger partial charge in [0.15, 0.2) is 0 Å². The molecule has 1 aliphatic carbocycles. The van der Waals surface area contributed by atoms with Gasteiger partial charge in [0, 0.05) is 22.6 Å². The molecule has 1 saturated carbocycles. The zero-order chi connectivity index (χ0) is 24.3. The quantitative estimate of drug-likeness (QED) is 0.294. The van der Waals surface area contributed by atoms with Crippen LogP contribution in [0, 0.1) is 5.82 Å². The molecule has 0 aliphatic heterocycles. The lowest BCUT2D eigenvalue weighted by Crippen LogP contribution is -2.26. The van der Waals surface area contributed by atoms with Gasteiger partial charge in [0.2, 0.25) is 0 Å². The van der Waals surface area contributed by atoms with E-state index >= 15 is 0 Å². The molecule has 4 aromatic rings. The Morgan fingerprint density at radius 1 is 0.914 bits per heavy atom. The van der Waals surface area contributed by atoms with Crippen LogP contribution >= 0.6 is 0 Å². The summed E-state index contributed by atoms with van der Waals surface area (Å²) in [6.07, 6.45) is 1.22. The predicted molar refractivity (Wildman–Crippen MR) is 135 cm³/mol. The van der Waals surface area contributed by atoms with Crippen molar-refractivity contribution in [2.75, 3.05) is 18.9 Å². The molecule has 1 fully saturated rings. The lowest BCUT2D eigenvalue weighted by atomic mass is 10.0. The fourth-order valence-electron chi connectivity index (χ4n) is 4.65. The average molecular weight is 475 g/mol.